The molecule has 0 amide bonds. The van der Waals surface area contributed by atoms with Gasteiger partial charge in [0.2, 0.25) is 0 Å². The van der Waals surface area contributed by atoms with E-state index in [9.17, 15) is 0 Å². The molecule has 2 rings (SSSR count). The van der Waals surface area contributed by atoms with Gasteiger partial charge in [0.25, 0.3) is 0 Å². The normalized spacial score (nSPS) is 19.4. The number of allylic oxidation sites excluding steroid dienone is 1. The molecule has 92 valence electrons. The van der Waals surface area contributed by atoms with Crippen LogP contribution in [0, 0.1) is 9.49 Å². The Hall–Kier alpha value is -0.710. The van der Waals surface area contributed by atoms with Crippen LogP contribution in [0.1, 0.15) is 12.8 Å². The van der Waals surface area contributed by atoms with Crippen LogP contribution in [0.5, 0.6) is 5.75 Å². The number of hydrogen-bond acceptors (Lipinski definition) is 2. The van der Waals surface area contributed by atoms with Gasteiger partial charge in [-0.05, 0) is 59.7 Å². The zero-order valence-corrected chi connectivity index (χ0v) is 12.3. The van der Waals surface area contributed by atoms with Gasteiger partial charge in [-0.3, -0.25) is 0 Å². The van der Waals surface area contributed by atoms with Crippen molar-refractivity contribution in [2.45, 2.75) is 12.8 Å². The Morgan fingerprint density at radius 2 is 2.24 bits per heavy atom. The van der Waals surface area contributed by atoms with Crippen molar-refractivity contribution in [2.24, 2.45) is 5.92 Å². The highest BCUT2D eigenvalue weighted by molar-refractivity contribution is 14.1. The lowest BCUT2D eigenvalue weighted by Gasteiger charge is -2.24. The van der Waals surface area contributed by atoms with Gasteiger partial charge in [0.05, 0.1) is 10.2 Å². The first-order valence-corrected chi connectivity index (χ1v) is 7.09. The summed E-state index contributed by atoms with van der Waals surface area (Å²) in [6.45, 7) is 1.96. The molecule has 0 saturated heterocycles. The number of nitrogens with zero attached hydrogens (tertiary/aromatic N) is 1. The molecule has 0 N–H and O–H groups in total. The molecule has 1 unspecified atom stereocenters. The summed E-state index contributed by atoms with van der Waals surface area (Å²) in [6, 6.07) is 8.17. The summed E-state index contributed by atoms with van der Waals surface area (Å²) in [5.41, 5.74) is 0. The average Bonchev–Trinajstić information content (AvgIpc) is 2.34. The van der Waals surface area contributed by atoms with E-state index in [1.165, 1.54) is 9.99 Å². The van der Waals surface area contributed by atoms with E-state index in [0.29, 0.717) is 5.92 Å². The molecule has 1 aliphatic rings. The Bertz CT molecular complexity index is 392. The van der Waals surface area contributed by atoms with Gasteiger partial charge in [-0.15, -0.1) is 0 Å². The van der Waals surface area contributed by atoms with Crippen LogP contribution < -0.4 is 4.74 Å². The number of hydrogen-bond donors (Lipinski definition) is 0. The van der Waals surface area contributed by atoms with Crippen LogP contribution >= 0.6 is 22.6 Å². The molecule has 0 aliphatic carbocycles. The predicted octanol–water partition coefficient (Wildman–Crippen LogP) is 3.53. The average molecular weight is 343 g/mol. The van der Waals surface area contributed by atoms with Crippen LogP contribution in [0.25, 0.3) is 0 Å². The molecule has 0 saturated carbocycles. The SMILES string of the molecule is CN1C=CC(CCOc2ccccc2I)CC1. The number of benzene rings is 1. The zero-order chi connectivity index (χ0) is 12.1. The number of para-hydroxylation sites is 1. The fraction of sp³-hybridized carbons (Fsp3) is 0.429. The smallest absolute Gasteiger partial charge is 0.132 e. The van der Waals surface area contributed by atoms with Crippen molar-refractivity contribution in [1.29, 1.82) is 0 Å². The van der Waals surface area contributed by atoms with E-state index >= 15 is 0 Å². The summed E-state index contributed by atoms with van der Waals surface area (Å²) < 4.78 is 7.00. The minimum absolute atomic E-state index is 0.674. The van der Waals surface area contributed by atoms with E-state index in [0.717, 1.165) is 25.3 Å². The lowest BCUT2D eigenvalue weighted by Crippen LogP contribution is -2.21. The Balaban J connectivity index is 1.77. The van der Waals surface area contributed by atoms with Crippen molar-refractivity contribution in [2.75, 3.05) is 20.2 Å². The van der Waals surface area contributed by atoms with Crippen molar-refractivity contribution in [3.05, 3.63) is 40.1 Å². The molecule has 2 nitrogen and oxygen atoms in total. The highest BCUT2D eigenvalue weighted by Gasteiger charge is 2.11. The molecule has 1 aliphatic heterocycles. The minimum Gasteiger partial charge on any atom is -0.492 e. The maximum atomic E-state index is 5.81. The van der Waals surface area contributed by atoms with Gasteiger partial charge in [0.1, 0.15) is 5.75 Å². The van der Waals surface area contributed by atoms with Gasteiger partial charge in [-0.1, -0.05) is 18.2 Å². The molecular formula is C14H18INO. The van der Waals surface area contributed by atoms with Crippen LogP contribution in [0.2, 0.25) is 0 Å². The minimum atomic E-state index is 0.674. The largest absolute Gasteiger partial charge is 0.492 e. The van der Waals surface area contributed by atoms with Crippen molar-refractivity contribution in [3.63, 3.8) is 0 Å². The van der Waals surface area contributed by atoms with Crippen molar-refractivity contribution in [3.8, 4) is 5.75 Å². The van der Waals surface area contributed by atoms with E-state index in [2.05, 4.69) is 52.9 Å². The van der Waals surface area contributed by atoms with E-state index in [1.807, 2.05) is 18.2 Å². The van der Waals surface area contributed by atoms with Crippen LogP contribution in [-0.2, 0) is 0 Å². The van der Waals surface area contributed by atoms with Gasteiger partial charge in [0, 0.05) is 13.6 Å². The highest BCUT2D eigenvalue weighted by atomic mass is 127. The Labute approximate surface area is 117 Å². The molecule has 1 aromatic carbocycles. The lowest BCUT2D eigenvalue weighted by atomic mass is 9.99. The van der Waals surface area contributed by atoms with E-state index in [4.69, 9.17) is 4.74 Å². The molecule has 1 aromatic rings. The Kier molecular flexibility index (Phi) is 4.71. The molecule has 0 bridgehead atoms. The maximum Gasteiger partial charge on any atom is 0.132 e. The molecule has 1 heterocycles. The van der Waals surface area contributed by atoms with Crippen LogP contribution in [0.15, 0.2) is 36.5 Å². The molecule has 0 aromatic heterocycles. The molecule has 0 fully saturated rings. The fourth-order valence-corrected chi connectivity index (χ4v) is 2.47. The standard InChI is InChI=1S/C14H18INO/c1-16-9-6-12(7-10-16)8-11-17-14-5-3-2-4-13(14)15/h2-6,9,12H,7-8,10-11H2,1H3. The van der Waals surface area contributed by atoms with E-state index in [-0.39, 0.29) is 0 Å². The summed E-state index contributed by atoms with van der Waals surface area (Å²) in [4.78, 5) is 2.23. The maximum absolute atomic E-state index is 5.81. The fourth-order valence-electron chi connectivity index (χ4n) is 1.93. The first-order chi connectivity index (χ1) is 8.25. The van der Waals surface area contributed by atoms with Crippen molar-refractivity contribution >= 4 is 22.6 Å². The third-order valence-electron chi connectivity index (χ3n) is 3.05. The Morgan fingerprint density at radius 3 is 2.94 bits per heavy atom. The molecule has 0 spiro atoms. The molecule has 0 radical (unpaired) electrons. The Morgan fingerprint density at radius 1 is 1.41 bits per heavy atom. The van der Waals surface area contributed by atoms with Crippen LogP contribution in [0.4, 0.5) is 0 Å². The third-order valence-corrected chi connectivity index (χ3v) is 3.94. The second kappa shape index (κ2) is 6.28. The van der Waals surface area contributed by atoms with E-state index in [1.54, 1.807) is 0 Å². The summed E-state index contributed by atoms with van der Waals surface area (Å²) in [5.74, 6) is 1.68. The summed E-state index contributed by atoms with van der Waals surface area (Å²) in [6.07, 6.45) is 6.82. The molecule has 3 heteroatoms. The number of rotatable bonds is 4. The summed E-state index contributed by atoms with van der Waals surface area (Å²) in [5, 5.41) is 0. The number of ether oxygens (including phenoxy) is 1. The topological polar surface area (TPSA) is 12.5 Å². The van der Waals surface area contributed by atoms with Gasteiger partial charge >= 0.3 is 0 Å². The van der Waals surface area contributed by atoms with Crippen LogP contribution in [-0.4, -0.2) is 25.1 Å². The van der Waals surface area contributed by atoms with E-state index < -0.39 is 0 Å². The van der Waals surface area contributed by atoms with Gasteiger partial charge < -0.3 is 9.64 Å². The molecule has 17 heavy (non-hydrogen) atoms. The monoisotopic (exact) mass is 343 g/mol. The lowest BCUT2D eigenvalue weighted by molar-refractivity contribution is 0.271. The van der Waals surface area contributed by atoms with Gasteiger partial charge in [-0.2, -0.15) is 0 Å². The first-order valence-electron chi connectivity index (χ1n) is 6.01. The number of halogens is 1. The molecule has 1 atom stereocenters. The predicted molar refractivity (Wildman–Crippen MR) is 79.1 cm³/mol. The van der Waals surface area contributed by atoms with Crippen molar-refractivity contribution in [1.82, 2.24) is 4.90 Å². The van der Waals surface area contributed by atoms with Gasteiger partial charge in [-0.25, -0.2) is 0 Å². The second-order valence-corrected chi connectivity index (χ2v) is 5.60. The quantitative estimate of drug-likeness (QED) is 0.776. The van der Waals surface area contributed by atoms with Gasteiger partial charge in [0.15, 0.2) is 0 Å². The second-order valence-electron chi connectivity index (χ2n) is 4.44. The summed E-state index contributed by atoms with van der Waals surface area (Å²) in [7, 11) is 2.12. The molecular weight excluding hydrogens is 325 g/mol. The van der Waals surface area contributed by atoms with Crippen molar-refractivity contribution < 1.29 is 4.74 Å². The first kappa shape index (κ1) is 12.7. The summed E-state index contributed by atoms with van der Waals surface area (Å²) >= 11 is 2.31. The third kappa shape index (κ3) is 3.91. The van der Waals surface area contributed by atoms with Crippen LogP contribution in [0.3, 0.4) is 0 Å². The zero-order valence-electron chi connectivity index (χ0n) is 10.1. The highest BCUT2D eigenvalue weighted by Crippen LogP contribution is 2.21.